The molecule has 0 aliphatic heterocycles. The Morgan fingerprint density at radius 3 is 2.30 bits per heavy atom. The van der Waals surface area contributed by atoms with Crippen LogP contribution < -0.4 is 10.6 Å². The van der Waals surface area contributed by atoms with Crippen LogP contribution in [-0.4, -0.2) is 29.6 Å². The molecule has 0 aliphatic rings. The molecule has 120 valence electrons. The second kappa shape index (κ2) is 8.31. The molecule has 1 atom stereocenters. The van der Waals surface area contributed by atoms with Gasteiger partial charge in [-0.1, -0.05) is 41.9 Å². The molecule has 0 aromatic heterocycles. The molecule has 0 spiro atoms. The Hall–Kier alpha value is -2.37. The van der Waals surface area contributed by atoms with Crippen molar-refractivity contribution >= 4 is 23.4 Å². The van der Waals surface area contributed by atoms with Crippen molar-refractivity contribution in [3.8, 4) is 0 Å². The number of benzene rings is 2. The van der Waals surface area contributed by atoms with E-state index in [1.165, 1.54) is 0 Å². The first-order valence-corrected chi connectivity index (χ1v) is 7.47. The van der Waals surface area contributed by atoms with Crippen LogP contribution >= 0.6 is 11.6 Å². The summed E-state index contributed by atoms with van der Waals surface area (Å²) in [5, 5.41) is 15.1. The minimum Gasteiger partial charge on any atom is -0.394 e. The monoisotopic (exact) mass is 332 g/mol. The molecule has 0 aliphatic carbocycles. The lowest BCUT2D eigenvalue weighted by molar-refractivity contribution is -0.124. The molecule has 2 amide bonds. The number of carbonyl (C=O) groups excluding carboxylic acids is 2. The fourth-order valence-corrected chi connectivity index (χ4v) is 2.07. The molecule has 0 unspecified atom stereocenters. The van der Waals surface area contributed by atoms with Gasteiger partial charge in [0.15, 0.2) is 0 Å². The highest BCUT2D eigenvalue weighted by molar-refractivity contribution is 6.30. The number of amides is 2. The minimum absolute atomic E-state index is 0.285. The maximum atomic E-state index is 12.1. The smallest absolute Gasteiger partial charge is 0.251 e. The number of halogens is 1. The summed E-state index contributed by atoms with van der Waals surface area (Å²) in [5.41, 5.74) is 1.30. The average molecular weight is 333 g/mol. The normalized spacial score (nSPS) is 11.6. The van der Waals surface area contributed by atoms with Crippen LogP contribution in [-0.2, 0) is 11.3 Å². The van der Waals surface area contributed by atoms with Gasteiger partial charge in [0.1, 0.15) is 6.04 Å². The lowest BCUT2D eigenvalue weighted by Gasteiger charge is -2.16. The first kappa shape index (κ1) is 17.0. The van der Waals surface area contributed by atoms with Crippen molar-refractivity contribution in [3.05, 3.63) is 70.7 Å². The number of aliphatic hydroxyl groups is 1. The van der Waals surface area contributed by atoms with Gasteiger partial charge in [0.2, 0.25) is 5.91 Å². The summed E-state index contributed by atoms with van der Waals surface area (Å²) in [6, 6.07) is 14.5. The van der Waals surface area contributed by atoms with Crippen LogP contribution in [0.5, 0.6) is 0 Å². The van der Waals surface area contributed by atoms with Crippen molar-refractivity contribution in [3.63, 3.8) is 0 Å². The highest BCUT2D eigenvalue weighted by atomic mass is 35.5. The molecule has 0 saturated carbocycles. The second-order valence-corrected chi connectivity index (χ2v) is 5.36. The maximum absolute atomic E-state index is 12.1. The maximum Gasteiger partial charge on any atom is 0.251 e. The van der Waals surface area contributed by atoms with Crippen molar-refractivity contribution in [2.24, 2.45) is 0 Å². The fraction of sp³-hybridized carbons (Fsp3) is 0.176. The van der Waals surface area contributed by atoms with E-state index in [4.69, 9.17) is 11.6 Å². The molecule has 2 rings (SSSR count). The summed E-state index contributed by atoms with van der Waals surface area (Å²) < 4.78 is 0. The van der Waals surface area contributed by atoms with E-state index < -0.39 is 24.5 Å². The summed E-state index contributed by atoms with van der Waals surface area (Å²) in [4.78, 5) is 24.1. The van der Waals surface area contributed by atoms with Crippen molar-refractivity contribution < 1.29 is 14.7 Å². The fourth-order valence-electron chi connectivity index (χ4n) is 1.94. The Balaban J connectivity index is 1.90. The zero-order chi connectivity index (χ0) is 16.7. The SMILES string of the molecule is O=C(N[C@@H](CO)C(=O)NCc1ccc(Cl)cc1)c1ccccc1. The molecule has 3 N–H and O–H groups in total. The van der Waals surface area contributed by atoms with Gasteiger partial charge >= 0.3 is 0 Å². The van der Waals surface area contributed by atoms with E-state index in [1.807, 2.05) is 0 Å². The first-order chi connectivity index (χ1) is 11.1. The molecular formula is C17H17ClN2O3. The number of hydrogen-bond donors (Lipinski definition) is 3. The van der Waals surface area contributed by atoms with E-state index >= 15 is 0 Å². The van der Waals surface area contributed by atoms with E-state index in [1.54, 1.807) is 54.6 Å². The van der Waals surface area contributed by atoms with E-state index in [-0.39, 0.29) is 6.54 Å². The first-order valence-electron chi connectivity index (χ1n) is 7.09. The van der Waals surface area contributed by atoms with Gasteiger partial charge in [-0.05, 0) is 29.8 Å². The third-order valence-electron chi connectivity index (χ3n) is 3.22. The lowest BCUT2D eigenvalue weighted by Crippen LogP contribution is -2.48. The highest BCUT2D eigenvalue weighted by Crippen LogP contribution is 2.09. The summed E-state index contributed by atoms with van der Waals surface area (Å²) in [7, 11) is 0. The summed E-state index contributed by atoms with van der Waals surface area (Å²) in [5.74, 6) is -0.863. The van der Waals surface area contributed by atoms with E-state index in [0.29, 0.717) is 10.6 Å². The summed E-state index contributed by atoms with van der Waals surface area (Å²) in [6.07, 6.45) is 0. The third-order valence-corrected chi connectivity index (χ3v) is 3.47. The van der Waals surface area contributed by atoms with Gasteiger partial charge in [0, 0.05) is 17.1 Å². The molecule has 0 heterocycles. The van der Waals surface area contributed by atoms with Gasteiger partial charge in [-0.15, -0.1) is 0 Å². The Kier molecular flexibility index (Phi) is 6.14. The van der Waals surface area contributed by atoms with E-state index in [2.05, 4.69) is 10.6 Å². The topological polar surface area (TPSA) is 78.4 Å². The van der Waals surface area contributed by atoms with Crippen LogP contribution in [0.3, 0.4) is 0 Å². The molecule has 23 heavy (non-hydrogen) atoms. The predicted molar refractivity (Wildman–Crippen MR) is 88.1 cm³/mol. The number of aliphatic hydroxyl groups excluding tert-OH is 1. The van der Waals surface area contributed by atoms with E-state index in [0.717, 1.165) is 5.56 Å². The summed E-state index contributed by atoms with van der Waals surface area (Å²) in [6.45, 7) is -0.196. The highest BCUT2D eigenvalue weighted by Gasteiger charge is 2.20. The zero-order valence-electron chi connectivity index (χ0n) is 12.3. The zero-order valence-corrected chi connectivity index (χ0v) is 13.1. The molecule has 0 fully saturated rings. The average Bonchev–Trinajstić information content (AvgIpc) is 2.59. The van der Waals surface area contributed by atoms with Crippen LogP contribution in [0.2, 0.25) is 5.02 Å². The predicted octanol–water partition coefficient (Wildman–Crippen LogP) is 1.75. The van der Waals surface area contributed by atoms with Crippen LogP contribution in [0.1, 0.15) is 15.9 Å². The molecule has 5 nitrogen and oxygen atoms in total. The van der Waals surface area contributed by atoms with Crippen molar-refractivity contribution in [1.82, 2.24) is 10.6 Å². The third kappa shape index (κ3) is 5.09. The standard InChI is InChI=1S/C17H17ClN2O3/c18-14-8-6-12(7-9-14)10-19-17(23)15(11-21)20-16(22)13-4-2-1-3-5-13/h1-9,15,21H,10-11H2,(H,19,23)(H,20,22)/t15-/m0/s1. The van der Waals surface area contributed by atoms with Crippen LogP contribution in [0.4, 0.5) is 0 Å². The minimum atomic E-state index is -1.00. The van der Waals surface area contributed by atoms with Crippen LogP contribution in [0.15, 0.2) is 54.6 Å². The number of carbonyl (C=O) groups is 2. The Labute approximate surface area is 139 Å². The Bertz CT molecular complexity index is 659. The number of rotatable bonds is 6. The number of nitrogens with one attached hydrogen (secondary N) is 2. The van der Waals surface area contributed by atoms with Gasteiger partial charge in [0.05, 0.1) is 6.61 Å². The lowest BCUT2D eigenvalue weighted by atomic mass is 10.2. The molecule has 0 bridgehead atoms. The molecule has 0 saturated heterocycles. The van der Waals surface area contributed by atoms with Gasteiger partial charge in [0.25, 0.3) is 5.91 Å². The Morgan fingerprint density at radius 1 is 1.04 bits per heavy atom. The van der Waals surface area contributed by atoms with Crippen LogP contribution in [0, 0.1) is 0 Å². The van der Waals surface area contributed by atoms with Crippen molar-refractivity contribution in [2.75, 3.05) is 6.61 Å². The number of hydrogen-bond acceptors (Lipinski definition) is 3. The Morgan fingerprint density at radius 2 is 1.70 bits per heavy atom. The van der Waals surface area contributed by atoms with Crippen molar-refractivity contribution in [1.29, 1.82) is 0 Å². The summed E-state index contributed by atoms with van der Waals surface area (Å²) >= 11 is 5.79. The molecule has 2 aromatic carbocycles. The van der Waals surface area contributed by atoms with Gasteiger partial charge in [-0.2, -0.15) is 0 Å². The van der Waals surface area contributed by atoms with Crippen LogP contribution in [0.25, 0.3) is 0 Å². The second-order valence-electron chi connectivity index (χ2n) is 4.92. The quantitative estimate of drug-likeness (QED) is 0.754. The molecule has 6 heteroatoms. The van der Waals surface area contributed by atoms with Crippen molar-refractivity contribution in [2.45, 2.75) is 12.6 Å². The van der Waals surface area contributed by atoms with E-state index in [9.17, 15) is 14.7 Å². The van der Waals surface area contributed by atoms with Gasteiger partial charge < -0.3 is 15.7 Å². The largest absolute Gasteiger partial charge is 0.394 e. The van der Waals surface area contributed by atoms with Gasteiger partial charge in [-0.25, -0.2) is 0 Å². The van der Waals surface area contributed by atoms with Gasteiger partial charge in [-0.3, -0.25) is 9.59 Å². The molecule has 0 radical (unpaired) electrons. The molecular weight excluding hydrogens is 316 g/mol. The molecule has 2 aromatic rings.